The number of nitrogens with zero attached hydrogens (tertiary/aromatic N) is 1. The van der Waals surface area contributed by atoms with Crippen molar-refractivity contribution in [3.63, 3.8) is 0 Å². The molecule has 2 rings (SSSR count). The van der Waals surface area contributed by atoms with Crippen LogP contribution in [-0.4, -0.2) is 42.8 Å². The number of aliphatic hydroxyl groups is 1. The van der Waals surface area contributed by atoms with E-state index in [0.717, 1.165) is 31.7 Å². The molecule has 0 unspecified atom stereocenters. The Morgan fingerprint density at radius 2 is 1.75 bits per heavy atom. The lowest BCUT2D eigenvalue weighted by atomic mass is 10.0. The molecule has 0 aromatic heterocycles. The SMILES string of the molecule is Cl.OCC[C@@H](c1c(Cl)ccc(Cl)c1Cl)N1CCNCC1. The number of hydrogen-bond donors (Lipinski definition) is 2. The normalized spacial score (nSPS) is 17.6. The number of nitrogens with one attached hydrogen (secondary N) is 1. The van der Waals surface area contributed by atoms with Gasteiger partial charge in [0.25, 0.3) is 0 Å². The van der Waals surface area contributed by atoms with E-state index >= 15 is 0 Å². The molecule has 0 radical (unpaired) electrons. The minimum absolute atomic E-state index is 0. The highest BCUT2D eigenvalue weighted by Crippen LogP contribution is 2.39. The fourth-order valence-electron chi connectivity index (χ4n) is 2.47. The molecule has 0 aliphatic carbocycles. The van der Waals surface area contributed by atoms with Crippen molar-refractivity contribution in [3.05, 3.63) is 32.8 Å². The first kappa shape index (κ1) is 18.3. The summed E-state index contributed by atoms with van der Waals surface area (Å²) in [7, 11) is 0. The van der Waals surface area contributed by atoms with Gasteiger partial charge in [0.15, 0.2) is 0 Å². The van der Waals surface area contributed by atoms with Crippen LogP contribution in [0.15, 0.2) is 12.1 Å². The van der Waals surface area contributed by atoms with Crippen LogP contribution in [0, 0.1) is 0 Å². The number of benzene rings is 1. The minimum Gasteiger partial charge on any atom is -0.396 e. The summed E-state index contributed by atoms with van der Waals surface area (Å²) >= 11 is 18.7. The third-order valence-electron chi connectivity index (χ3n) is 3.41. The maximum absolute atomic E-state index is 9.32. The fourth-order valence-corrected chi connectivity index (χ4v) is 3.26. The molecule has 0 bridgehead atoms. The Labute approximate surface area is 140 Å². The van der Waals surface area contributed by atoms with E-state index in [2.05, 4.69) is 10.2 Å². The summed E-state index contributed by atoms with van der Waals surface area (Å²) in [5, 5.41) is 14.2. The average Bonchev–Trinajstić information content (AvgIpc) is 2.43. The smallest absolute Gasteiger partial charge is 0.0655 e. The monoisotopic (exact) mass is 358 g/mol. The molecule has 1 aromatic carbocycles. The van der Waals surface area contributed by atoms with Gasteiger partial charge in [-0.2, -0.15) is 0 Å². The molecule has 114 valence electrons. The van der Waals surface area contributed by atoms with Crippen LogP contribution in [0.25, 0.3) is 0 Å². The second-order valence-corrected chi connectivity index (χ2v) is 5.76. The second-order valence-electron chi connectivity index (χ2n) is 4.57. The number of rotatable bonds is 4. The summed E-state index contributed by atoms with van der Waals surface area (Å²) in [6.45, 7) is 3.76. The average molecular weight is 360 g/mol. The molecule has 1 aliphatic heterocycles. The van der Waals surface area contributed by atoms with Gasteiger partial charge in [0.1, 0.15) is 0 Å². The Hall–Kier alpha value is 0.260. The van der Waals surface area contributed by atoms with Crippen LogP contribution in [0.1, 0.15) is 18.0 Å². The van der Waals surface area contributed by atoms with E-state index in [4.69, 9.17) is 34.8 Å². The molecule has 1 atom stereocenters. The first-order valence-electron chi connectivity index (χ1n) is 6.34. The van der Waals surface area contributed by atoms with Crippen molar-refractivity contribution in [1.29, 1.82) is 0 Å². The second kappa shape index (κ2) is 8.64. The van der Waals surface area contributed by atoms with E-state index in [0.29, 0.717) is 21.5 Å². The van der Waals surface area contributed by atoms with Crippen LogP contribution in [-0.2, 0) is 0 Å². The zero-order valence-electron chi connectivity index (χ0n) is 10.9. The van der Waals surface area contributed by atoms with Gasteiger partial charge in [-0.05, 0) is 18.6 Å². The van der Waals surface area contributed by atoms with Crippen LogP contribution in [0.2, 0.25) is 15.1 Å². The lowest BCUT2D eigenvalue weighted by Gasteiger charge is -2.36. The van der Waals surface area contributed by atoms with E-state index < -0.39 is 0 Å². The van der Waals surface area contributed by atoms with Crippen molar-refractivity contribution < 1.29 is 5.11 Å². The van der Waals surface area contributed by atoms with Crippen LogP contribution in [0.4, 0.5) is 0 Å². The Kier molecular flexibility index (Phi) is 7.91. The van der Waals surface area contributed by atoms with Crippen LogP contribution >= 0.6 is 47.2 Å². The van der Waals surface area contributed by atoms with Crippen molar-refractivity contribution in [1.82, 2.24) is 10.2 Å². The van der Waals surface area contributed by atoms with E-state index in [-0.39, 0.29) is 25.1 Å². The maximum atomic E-state index is 9.32. The fraction of sp³-hybridized carbons (Fsp3) is 0.538. The molecule has 0 saturated carbocycles. The highest BCUT2D eigenvalue weighted by Gasteiger charge is 2.26. The molecular formula is C13H18Cl4N2O. The quantitative estimate of drug-likeness (QED) is 0.808. The van der Waals surface area contributed by atoms with E-state index in [1.807, 2.05) is 0 Å². The van der Waals surface area contributed by atoms with Crippen molar-refractivity contribution in [3.8, 4) is 0 Å². The molecular weight excluding hydrogens is 342 g/mol. The van der Waals surface area contributed by atoms with Crippen LogP contribution in [0.3, 0.4) is 0 Å². The molecule has 1 heterocycles. The topological polar surface area (TPSA) is 35.5 Å². The molecule has 20 heavy (non-hydrogen) atoms. The third-order valence-corrected chi connectivity index (χ3v) is 4.56. The zero-order chi connectivity index (χ0) is 13.8. The van der Waals surface area contributed by atoms with E-state index in [1.54, 1.807) is 12.1 Å². The van der Waals surface area contributed by atoms with Crippen molar-refractivity contribution >= 4 is 47.2 Å². The minimum atomic E-state index is 0. The lowest BCUT2D eigenvalue weighted by molar-refractivity contribution is 0.141. The molecule has 1 saturated heterocycles. The standard InChI is InChI=1S/C13H17Cl3N2O.ClH/c14-9-1-2-10(15)13(16)12(9)11(3-8-19)18-6-4-17-5-7-18;/h1-2,11,17,19H,3-8H2;1H/t11-;/m0./s1. The lowest BCUT2D eigenvalue weighted by Crippen LogP contribution is -2.45. The molecule has 0 amide bonds. The first-order chi connectivity index (χ1) is 9.15. The predicted molar refractivity (Wildman–Crippen MR) is 87.6 cm³/mol. The molecule has 0 spiro atoms. The van der Waals surface area contributed by atoms with Crippen molar-refractivity contribution in [2.24, 2.45) is 0 Å². The van der Waals surface area contributed by atoms with Gasteiger partial charge >= 0.3 is 0 Å². The van der Waals surface area contributed by atoms with Gasteiger partial charge in [-0.25, -0.2) is 0 Å². The summed E-state index contributed by atoms with van der Waals surface area (Å²) in [6.07, 6.45) is 0.597. The summed E-state index contributed by atoms with van der Waals surface area (Å²) in [5.41, 5.74) is 0.826. The Bertz CT molecular complexity index is 439. The molecule has 1 aliphatic rings. The number of hydrogen-bond acceptors (Lipinski definition) is 3. The number of halogens is 4. The Morgan fingerprint density at radius 1 is 1.15 bits per heavy atom. The summed E-state index contributed by atoms with van der Waals surface area (Å²) in [5.74, 6) is 0. The van der Waals surface area contributed by atoms with Crippen molar-refractivity contribution in [2.75, 3.05) is 32.8 Å². The molecule has 3 nitrogen and oxygen atoms in total. The van der Waals surface area contributed by atoms with Gasteiger partial charge in [0, 0.05) is 49.4 Å². The van der Waals surface area contributed by atoms with Gasteiger partial charge in [-0.15, -0.1) is 12.4 Å². The molecule has 7 heteroatoms. The summed E-state index contributed by atoms with van der Waals surface area (Å²) < 4.78 is 0. The predicted octanol–water partition coefficient (Wildman–Crippen LogP) is 3.40. The van der Waals surface area contributed by atoms with E-state index in [9.17, 15) is 5.11 Å². The highest BCUT2D eigenvalue weighted by molar-refractivity contribution is 6.44. The molecule has 1 aromatic rings. The number of aliphatic hydroxyl groups excluding tert-OH is 1. The van der Waals surface area contributed by atoms with Gasteiger partial charge in [-0.1, -0.05) is 34.8 Å². The van der Waals surface area contributed by atoms with Gasteiger partial charge in [-0.3, -0.25) is 4.90 Å². The van der Waals surface area contributed by atoms with Crippen LogP contribution < -0.4 is 5.32 Å². The molecule has 2 N–H and O–H groups in total. The first-order valence-corrected chi connectivity index (χ1v) is 7.47. The van der Waals surface area contributed by atoms with Gasteiger partial charge in [0.2, 0.25) is 0 Å². The maximum Gasteiger partial charge on any atom is 0.0655 e. The van der Waals surface area contributed by atoms with Crippen molar-refractivity contribution in [2.45, 2.75) is 12.5 Å². The number of piperazine rings is 1. The zero-order valence-corrected chi connectivity index (χ0v) is 14.0. The Balaban J connectivity index is 0.00000200. The van der Waals surface area contributed by atoms with Gasteiger partial charge < -0.3 is 10.4 Å². The van der Waals surface area contributed by atoms with Gasteiger partial charge in [0.05, 0.1) is 10.0 Å². The summed E-state index contributed by atoms with van der Waals surface area (Å²) in [6, 6.07) is 3.46. The largest absolute Gasteiger partial charge is 0.396 e. The van der Waals surface area contributed by atoms with Crippen LogP contribution in [0.5, 0.6) is 0 Å². The third kappa shape index (κ3) is 4.14. The molecule has 1 fully saturated rings. The summed E-state index contributed by atoms with van der Waals surface area (Å²) in [4.78, 5) is 2.29. The van der Waals surface area contributed by atoms with E-state index in [1.165, 1.54) is 0 Å². The Morgan fingerprint density at radius 3 is 2.35 bits per heavy atom. The highest BCUT2D eigenvalue weighted by atomic mass is 35.5.